The van der Waals surface area contributed by atoms with E-state index in [4.69, 9.17) is 24.4 Å². The van der Waals surface area contributed by atoms with Gasteiger partial charge >= 0.3 is 0 Å². The van der Waals surface area contributed by atoms with Crippen LogP contribution in [0, 0.1) is 6.92 Å². The molecule has 0 saturated carbocycles. The average molecular weight is 452 g/mol. The first-order valence-corrected chi connectivity index (χ1v) is 11.2. The highest BCUT2D eigenvalue weighted by Crippen LogP contribution is 2.27. The van der Waals surface area contributed by atoms with Crippen LogP contribution >= 0.6 is 0 Å². The Morgan fingerprint density at radius 1 is 1.12 bits per heavy atom. The Morgan fingerprint density at radius 3 is 2.70 bits per heavy atom. The molecule has 4 aromatic rings. The highest BCUT2D eigenvalue weighted by atomic mass is 16.5. The summed E-state index contributed by atoms with van der Waals surface area (Å²) in [6.45, 7) is 10.3. The average Bonchev–Trinajstić information content (AvgIpc) is 3.38. The first-order chi connectivity index (χ1) is 16.0. The number of anilines is 2. The molecule has 174 valence electrons. The zero-order chi connectivity index (χ0) is 22.9. The van der Waals surface area contributed by atoms with Gasteiger partial charge in [-0.1, -0.05) is 0 Å². The maximum Gasteiger partial charge on any atom is 0.203 e. The maximum absolute atomic E-state index is 5.48. The lowest BCUT2D eigenvalue weighted by Crippen LogP contribution is -2.36. The summed E-state index contributed by atoms with van der Waals surface area (Å²) in [4.78, 5) is 16.9. The molecule has 0 unspecified atom stereocenters. The second kappa shape index (κ2) is 8.91. The number of hydrogen-bond acceptors (Lipinski definition) is 9. The first kappa shape index (κ1) is 21.5. The summed E-state index contributed by atoms with van der Waals surface area (Å²) >= 11 is 0. The monoisotopic (exact) mass is 451 g/mol. The second-order valence-electron chi connectivity index (χ2n) is 8.41. The van der Waals surface area contributed by atoms with Crippen molar-refractivity contribution in [2.45, 2.75) is 33.4 Å². The summed E-state index contributed by atoms with van der Waals surface area (Å²) in [7, 11) is 1.70. The number of ether oxygens (including phenoxy) is 2. The predicted octanol–water partition coefficient (Wildman–Crippen LogP) is 2.15. The number of hydrogen-bond donors (Lipinski definition) is 1. The molecule has 4 aromatic heterocycles. The predicted molar refractivity (Wildman–Crippen MR) is 126 cm³/mol. The molecule has 1 saturated heterocycles. The van der Waals surface area contributed by atoms with E-state index < -0.39 is 0 Å². The lowest BCUT2D eigenvalue weighted by Gasteiger charge is -2.27. The van der Waals surface area contributed by atoms with Gasteiger partial charge in [-0.15, -0.1) is 10.2 Å². The second-order valence-corrected chi connectivity index (χ2v) is 8.41. The zero-order valence-electron chi connectivity index (χ0n) is 19.4. The minimum absolute atomic E-state index is 0.193. The number of methoxy groups -OCH3 is 1. The summed E-state index contributed by atoms with van der Waals surface area (Å²) in [6, 6.07) is 4.32. The summed E-state index contributed by atoms with van der Waals surface area (Å²) in [6.07, 6.45) is 1.93. The Labute approximate surface area is 191 Å². The Hall–Kier alpha value is -3.31. The third-order valence-corrected chi connectivity index (χ3v) is 5.67. The molecule has 0 spiro atoms. The van der Waals surface area contributed by atoms with Crippen LogP contribution in [0.25, 0.3) is 28.3 Å². The van der Waals surface area contributed by atoms with E-state index in [9.17, 15) is 0 Å². The molecule has 5 heterocycles. The van der Waals surface area contributed by atoms with Gasteiger partial charge in [-0.25, -0.2) is 15.0 Å². The van der Waals surface area contributed by atoms with E-state index >= 15 is 0 Å². The molecule has 11 nitrogen and oxygen atoms in total. The van der Waals surface area contributed by atoms with E-state index in [0.717, 1.165) is 41.8 Å². The molecule has 1 N–H and O–H groups in total. The van der Waals surface area contributed by atoms with Crippen LogP contribution in [0.1, 0.15) is 19.7 Å². The lowest BCUT2D eigenvalue weighted by atomic mass is 10.3. The molecule has 0 amide bonds. The Morgan fingerprint density at radius 2 is 1.94 bits per heavy atom. The summed E-state index contributed by atoms with van der Waals surface area (Å²) in [5.41, 5.74) is 3.04. The van der Waals surface area contributed by atoms with Crippen molar-refractivity contribution in [2.75, 3.05) is 50.2 Å². The van der Waals surface area contributed by atoms with E-state index in [0.29, 0.717) is 43.5 Å². The van der Waals surface area contributed by atoms with Crippen LogP contribution < -0.4 is 10.2 Å². The van der Waals surface area contributed by atoms with Crippen molar-refractivity contribution in [3.8, 4) is 11.5 Å². The van der Waals surface area contributed by atoms with Gasteiger partial charge in [0.2, 0.25) is 5.65 Å². The highest BCUT2D eigenvalue weighted by molar-refractivity contribution is 5.79. The van der Waals surface area contributed by atoms with Crippen LogP contribution in [0.2, 0.25) is 0 Å². The van der Waals surface area contributed by atoms with Gasteiger partial charge in [0.15, 0.2) is 17.3 Å². The largest absolute Gasteiger partial charge is 0.383 e. The quantitative estimate of drug-likeness (QED) is 0.452. The fraction of sp³-hybridized carbons (Fsp3) is 0.500. The molecule has 1 aliphatic rings. The first-order valence-electron chi connectivity index (χ1n) is 11.2. The third-order valence-electron chi connectivity index (χ3n) is 5.67. The number of fused-ring (bicyclic) bond motifs is 2. The van der Waals surface area contributed by atoms with Crippen molar-refractivity contribution in [3.63, 3.8) is 0 Å². The van der Waals surface area contributed by atoms with E-state index in [1.807, 2.05) is 17.5 Å². The van der Waals surface area contributed by atoms with Gasteiger partial charge in [0.1, 0.15) is 17.3 Å². The lowest BCUT2D eigenvalue weighted by molar-refractivity contribution is 0.122. The van der Waals surface area contributed by atoms with E-state index in [1.54, 1.807) is 7.11 Å². The molecule has 1 aliphatic heterocycles. The van der Waals surface area contributed by atoms with Crippen LogP contribution in [0.15, 0.2) is 18.3 Å². The summed E-state index contributed by atoms with van der Waals surface area (Å²) in [5.74, 6) is 3.10. The smallest absolute Gasteiger partial charge is 0.203 e. The molecule has 0 bridgehead atoms. The number of pyridine rings is 1. The topological polar surface area (TPSA) is 108 Å². The van der Waals surface area contributed by atoms with Crippen molar-refractivity contribution in [3.05, 3.63) is 24.2 Å². The molecular weight excluding hydrogens is 422 g/mol. The van der Waals surface area contributed by atoms with Crippen LogP contribution in [0.4, 0.5) is 11.6 Å². The minimum Gasteiger partial charge on any atom is -0.383 e. The Balaban J connectivity index is 1.65. The minimum atomic E-state index is 0.193. The van der Waals surface area contributed by atoms with Gasteiger partial charge in [-0.2, -0.15) is 0 Å². The molecule has 11 heteroatoms. The number of morpholine rings is 1. The van der Waals surface area contributed by atoms with Crippen LogP contribution in [0.3, 0.4) is 0 Å². The highest BCUT2D eigenvalue weighted by Gasteiger charge is 2.20. The van der Waals surface area contributed by atoms with Gasteiger partial charge in [0, 0.05) is 39.0 Å². The normalized spacial score (nSPS) is 14.6. The van der Waals surface area contributed by atoms with Crippen molar-refractivity contribution in [2.24, 2.45) is 0 Å². The van der Waals surface area contributed by atoms with Crippen LogP contribution in [0.5, 0.6) is 0 Å². The van der Waals surface area contributed by atoms with Crippen LogP contribution in [-0.2, 0) is 16.0 Å². The molecular formula is C22H29N9O2. The van der Waals surface area contributed by atoms with Gasteiger partial charge in [0.25, 0.3) is 0 Å². The van der Waals surface area contributed by atoms with Crippen molar-refractivity contribution >= 4 is 28.4 Å². The van der Waals surface area contributed by atoms with Crippen molar-refractivity contribution in [1.82, 2.24) is 34.1 Å². The van der Waals surface area contributed by atoms with Gasteiger partial charge in [0.05, 0.1) is 25.3 Å². The van der Waals surface area contributed by atoms with Gasteiger partial charge < -0.3 is 24.3 Å². The zero-order valence-corrected chi connectivity index (χ0v) is 19.4. The number of nitrogens with zero attached hydrogens (tertiary/aromatic N) is 8. The fourth-order valence-corrected chi connectivity index (χ4v) is 4.06. The molecule has 0 atom stereocenters. The molecule has 0 aliphatic carbocycles. The maximum atomic E-state index is 5.48. The molecule has 5 rings (SSSR count). The summed E-state index contributed by atoms with van der Waals surface area (Å²) in [5, 5.41) is 11.9. The van der Waals surface area contributed by atoms with E-state index in [2.05, 4.69) is 51.0 Å². The number of aromatic nitrogens is 7. The number of imidazole rings is 1. The van der Waals surface area contributed by atoms with Gasteiger partial charge in [-0.3, -0.25) is 4.40 Å². The molecule has 0 aromatic carbocycles. The number of aryl methyl sites for hydroxylation is 1. The number of nitrogens with one attached hydrogen (secondary N) is 1. The van der Waals surface area contributed by atoms with Crippen LogP contribution in [-0.4, -0.2) is 80.2 Å². The standard InChI is InChI=1S/C22H29N9O2/c1-14(2)23-20-22-28-27-15(3)31(22)13-16(24-20)21-26-19-17(30(21)9-10-32-4)5-6-18(25-19)29-7-11-33-12-8-29/h5-6,13-14H,7-12H2,1-4H3,(H,23,24). The fourth-order valence-electron chi connectivity index (χ4n) is 4.06. The Bertz CT molecular complexity index is 1270. The summed E-state index contributed by atoms with van der Waals surface area (Å²) < 4.78 is 14.9. The van der Waals surface area contributed by atoms with E-state index in [1.165, 1.54) is 0 Å². The third kappa shape index (κ3) is 4.09. The van der Waals surface area contributed by atoms with Gasteiger partial charge in [-0.05, 0) is 32.9 Å². The molecule has 1 fully saturated rings. The van der Waals surface area contributed by atoms with E-state index in [-0.39, 0.29) is 6.04 Å². The Kier molecular flexibility index (Phi) is 5.81. The van der Waals surface area contributed by atoms with Crippen molar-refractivity contribution < 1.29 is 9.47 Å². The van der Waals surface area contributed by atoms with Crippen molar-refractivity contribution in [1.29, 1.82) is 0 Å². The SMILES string of the molecule is COCCn1c(-c2cn3c(C)nnc3c(NC(C)C)n2)nc2nc(N3CCOCC3)ccc21. The molecule has 33 heavy (non-hydrogen) atoms. The number of rotatable bonds is 7. The molecule has 0 radical (unpaired) electrons.